The van der Waals surface area contributed by atoms with Crippen LogP contribution in [0.1, 0.15) is 59.8 Å². The lowest BCUT2D eigenvalue weighted by Crippen LogP contribution is -2.52. The van der Waals surface area contributed by atoms with Gasteiger partial charge in [0.25, 0.3) is 5.91 Å². The summed E-state index contributed by atoms with van der Waals surface area (Å²) in [4.78, 5) is 15.9. The van der Waals surface area contributed by atoms with Gasteiger partial charge >= 0.3 is 0 Å². The Labute approximate surface area is 168 Å². The van der Waals surface area contributed by atoms with Gasteiger partial charge < -0.3 is 10.1 Å². The average Bonchev–Trinajstić information content (AvgIpc) is 3.21. The molecule has 1 heterocycles. The quantitative estimate of drug-likeness (QED) is 0.793. The van der Waals surface area contributed by atoms with Gasteiger partial charge in [0.05, 0.1) is 13.2 Å². The van der Waals surface area contributed by atoms with Crippen molar-refractivity contribution in [1.82, 2.24) is 10.2 Å². The first kappa shape index (κ1) is 20.4. The summed E-state index contributed by atoms with van der Waals surface area (Å²) in [7, 11) is 1.65. The maximum absolute atomic E-state index is 13.4. The lowest BCUT2D eigenvalue weighted by atomic mass is 9.86. The summed E-state index contributed by atoms with van der Waals surface area (Å²) in [6.45, 7) is 10.6. The van der Waals surface area contributed by atoms with E-state index in [2.05, 4.69) is 36.2 Å². The fraction of sp³-hybridized carbons (Fsp3) is 0.458. The van der Waals surface area contributed by atoms with Crippen LogP contribution in [0.4, 0.5) is 0 Å². The van der Waals surface area contributed by atoms with Crippen LogP contribution in [0, 0.1) is 13.8 Å². The molecule has 0 saturated carbocycles. The third-order valence-corrected chi connectivity index (χ3v) is 6.00. The molecule has 0 bridgehead atoms. The van der Waals surface area contributed by atoms with Gasteiger partial charge in [0.15, 0.2) is 0 Å². The van der Waals surface area contributed by atoms with Crippen molar-refractivity contribution in [2.24, 2.45) is 0 Å². The highest BCUT2D eigenvalue weighted by Crippen LogP contribution is 2.34. The van der Waals surface area contributed by atoms with Crippen molar-refractivity contribution in [3.05, 3.63) is 64.7 Å². The number of amides is 1. The van der Waals surface area contributed by atoms with Crippen LogP contribution in [0.2, 0.25) is 0 Å². The largest absolute Gasteiger partial charge is 0.497 e. The number of ether oxygens (including phenoxy) is 1. The number of methoxy groups -OCH3 is 1. The van der Waals surface area contributed by atoms with Crippen molar-refractivity contribution in [2.75, 3.05) is 20.2 Å². The molecule has 1 amide bonds. The van der Waals surface area contributed by atoms with E-state index in [0.29, 0.717) is 0 Å². The molecular formula is C24H32N2O2. The SMILES string of the molecule is COc1cc(C)c(C(=O)NC(c2ccccc2)C(C)(C)N2CCCC2)c(C)c1. The third kappa shape index (κ3) is 4.07. The molecule has 2 aromatic carbocycles. The molecule has 1 unspecified atom stereocenters. The summed E-state index contributed by atoms with van der Waals surface area (Å²) in [6.07, 6.45) is 2.44. The van der Waals surface area contributed by atoms with Gasteiger partial charge in [-0.3, -0.25) is 9.69 Å². The Bertz CT molecular complexity index is 801. The van der Waals surface area contributed by atoms with Gasteiger partial charge in [0.2, 0.25) is 0 Å². The van der Waals surface area contributed by atoms with Crippen molar-refractivity contribution < 1.29 is 9.53 Å². The number of carbonyl (C=O) groups excluding carboxylic acids is 1. The van der Waals surface area contributed by atoms with Gasteiger partial charge in [-0.05, 0) is 82.4 Å². The molecule has 3 rings (SSSR count). The van der Waals surface area contributed by atoms with Crippen LogP contribution in [-0.4, -0.2) is 36.5 Å². The van der Waals surface area contributed by atoms with Gasteiger partial charge in [-0.1, -0.05) is 30.3 Å². The van der Waals surface area contributed by atoms with Crippen molar-refractivity contribution in [3.63, 3.8) is 0 Å². The van der Waals surface area contributed by atoms with E-state index in [1.165, 1.54) is 12.8 Å². The van der Waals surface area contributed by atoms with Crippen LogP contribution in [-0.2, 0) is 0 Å². The molecule has 0 aromatic heterocycles. The second-order valence-electron chi connectivity index (χ2n) is 8.30. The highest BCUT2D eigenvalue weighted by atomic mass is 16.5. The van der Waals surface area contributed by atoms with E-state index in [-0.39, 0.29) is 17.5 Å². The summed E-state index contributed by atoms with van der Waals surface area (Å²) >= 11 is 0. The summed E-state index contributed by atoms with van der Waals surface area (Å²) in [5, 5.41) is 3.36. The van der Waals surface area contributed by atoms with Crippen molar-refractivity contribution in [2.45, 2.75) is 52.1 Å². The number of hydrogen-bond donors (Lipinski definition) is 1. The van der Waals surface area contributed by atoms with E-state index in [1.54, 1.807) is 7.11 Å². The monoisotopic (exact) mass is 380 g/mol. The zero-order valence-electron chi connectivity index (χ0n) is 17.7. The molecule has 2 aromatic rings. The molecule has 4 heteroatoms. The minimum atomic E-state index is -0.179. The molecule has 0 aliphatic carbocycles. The molecule has 1 N–H and O–H groups in total. The molecule has 0 radical (unpaired) electrons. The van der Waals surface area contributed by atoms with E-state index in [1.807, 2.05) is 44.2 Å². The van der Waals surface area contributed by atoms with Crippen molar-refractivity contribution >= 4 is 5.91 Å². The van der Waals surface area contributed by atoms with Gasteiger partial charge in [-0.15, -0.1) is 0 Å². The van der Waals surface area contributed by atoms with Crippen molar-refractivity contribution in [1.29, 1.82) is 0 Å². The van der Waals surface area contributed by atoms with E-state index in [4.69, 9.17) is 4.74 Å². The first-order valence-corrected chi connectivity index (χ1v) is 10.1. The zero-order chi connectivity index (χ0) is 20.3. The Morgan fingerprint density at radius 1 is 1.07 bits per heavy atom. The number of nitrogens with one attached hydrogen (secondary N) is 1. The maximum atomic E-state index is 13.4. The minimum Gasteiger partial charge on any atom is -0.497 e. The van der Waals surface area contributed by atoms with Crippen LogP contribution in [0.5, 0.6) is 5.75 Å². The molecular weight excluding hydrogens is 348 g/mol. The van der Waals surface area contributed by atoms with Crippen LogP contribution >= 0.6 is 0 Å². The zero-order valence-corrected chi connectivity index (χ0v) is 17.7. The van der Waals surface area contributed by atoms with Crippen LogP contribution in [0.15, 0.2) is 42.5 Å². The number of likely N-dealkylation sites (tertiary alicyclic amines) is 1. The highest BCUT2D eigenvalue weighted by Gasteiger charge is 2.38. The number of aryl methyl sites for hydroxylation is 2. The van der Waals surface area contributed by atoms with Crippen LogP contribution in [0.3, 0.4) is 0 Å². The number of carbonyl (C=O) groups is 1. The topological polar surface area (TPSA) is 41.6 Å². The molecule has 1 aliphatic rings. The summed E-state index contributed by atoms with van der Waals surface area (Å²) < 4.78 is 5.34. The Balaban J connectivity index is 1.95. The first-order chi connectivity index (χ1) is 13.3. The van der Waals surface area contributed by atoms with E-state index < -0.39 is 0 Å². The Morgan fingerprint density at radius 2 is 1.64 bits per heavy atom. The highest BCUT2D eigenvalue weighted by molar-refractivity contribution is 5.97. The van der Waals surface area contributed by atoms with E-state index >= 15 is 0 Å². The van der Waals surface area contributed by atoms with Crippen LogP contribution in [0.25, 0.3) is 0 Å². The van der Waals surface area contributed by atoms with Crippen LogP contribution < -0.4 is 10.1 Å². The predicted octanol–water partition coefficient (Wildman–Crippen LogP) is 4.66. The number of nitrogens with zero attached hydrogens (tertiary/aromatic N) is 1. The minimum absolute atomic E-state index is 0.0289. The molecule has 28 heavy (non-hydrogen) atoms. The number of rotatable bonds is 6. The first-order valence-electron chi connectivity index (χ1n) is 10.1. The molecule has 150 valence electrons. The second-order valence-corrected chi connectivity index (χ2v) is 8.30. The van der Waals surface area contributed by atoms with Gasteiger partial charge in [-0.25, -0.2) is 0 Å². The molecule has 1 saturated heterocycles. The van der Waals surface area contributed by atoms with E-state index in [9.17, 15) is 4.79 Å². The standard InChI is InChI=1S/C24H32N2O2/c1-17-15-20(28-5)16-18(2)21(17)23(27)25-22(19-11-7-6-8-12-19)24(3,4)26-13-9-10-14-26/h6-8,11-12,15-16,22H,9-10,13-14H2,1-5H3,(H,25,27). The fourth-order valence-corrected chi connectivity index (χ4v) is 4.39. The fourth-order valence-electron chi connectivity index (χ4n) is 4.39. The van der Waals surface area contributed by atoms with Gasteiger partial charge in [0.1, 0.15) is 5.75 Å². The lowest BCUT2D eigenvalue weighted by molar-refractivity contribution is 0.0777. The Kier molecular flexibility index (Phi) is 6.09. The normalized spacial score (nSPS) is 16.0. The maximum Gasteiger partial charge on any atom is 0.252 e. The molecule has 1 aliphatic heterocycles. The molecule has 1 fully saturated rings. The average molecular weight is 381 g/mol. The number of hydrogen-bond acceptors (Lipinski definition) is 3. The molecule has 1 atom stereocenters. The van der Waals surface area contributed by atoms with Crippen molar-refractivity contribution in [3.8, 4) is 5.75 Å². The van der Waals surface area contributed by atoms with Gasteiger partial charge in [-0.2, -0.15) is 0 Å². The smallest absolute Gasteiger partial charge is 0.252 e. The van der Waals surface area contributed by atoms with Gasteiger partial charge in [0, 0.05) is 11.1 Å². The summed E-state index contributed by atoms with van der Waals surface area (Å²) in [5.74, 6) is 0.752. The second kappa shape index (κ2) is 8.36. The van der Waals surface area contributed by atoms with E-state index in [0.717, 1.165) is 41.1 Å². The number of benzene rings is 2. The molecule has 0 spiro atoms. The predicted molar refractivity (Wildman–Crippen MR) is 114 cm³/mol. The Hall–Kier alpha value is -2.33. The Morgan fingerprint density at radius 3 is 2.18 bits per heavy atom. The lowest BCUT2D eigenvalue weighted by Gasteiger charge is -2.42. The molecule has 4 nitrogen and oxygen atoms in total. The summed E-state index contributed by atoms with van der Waals surface area (Å²) in [6, 6.07) is 14.1. The third-order valence-electron chi connectivity index (χ3n) is 6.00. The summed E-state index contributed by atoms with van der Waals surface area (Å²) in [5.41, 5.74) is 3.55.